The van der Waals surface area contributed by atoms with Gasteiger partial charge in [0.25, 0.3) is 0 Å². The summed E-state index contributed by atoms with van der Waals surface area (Å²) in [5.41, 5.74) is 7.32. The molecule has 8 heteroatoms. The number of nitrogens with zero attached hydrogens (tertiary/aromatic N) is 1. The minimum Gasteiger partial charge on any atom is -0.440 e. The molecule has 3 amide bonds. The maximum Gasteiger partial charge on any atom is 0.312 e. The van der Waals surface area contributed by atoms with Gasteiger partial charge in [0, 0.05) is 16.5 Å². The Kier molecular flexibility index (Phi) is 4.34. The Morgan fingerprint density at radius 2 is 2.19 bits per heavy atom. The molecule has 1 saturated carbocycles. The summed E-state index contributed by atoms with van der Waals surface area (Å²) in [5, 5.41) is 7.35. The molecule has 4 N–H and O–H groups in total. The van der Waals surface area contributed by atoms with Crippen LogP contribution in [0.1, 0.15) is 42.0 Å². The molecule has 3 aromatic rings. The van der Waals surface area contributed by atoms with Gasteiger partial charge in [0.05, 0.1) is 12.5 Å². The summed E-state index contributed by atoms with van der Waals surface area (Å²) in [6.45, 7) is 0. The molecule has 7 nitrogen and oxygen atoms in total. The summed E-state index contributed by atoms with van der Waals surface area (Å²) in [6.07, 6.45) is 2.33. The number of urea groups is 1. The van der Waals surface area contributed by atoms with Gasteiger partial charge in [-0.1, -0.05) is 6.07 Å². The average Bonchev–Trinajstić information content (AvgIpc) is 3.13. The maximum absolute atomic E-state index is 12.4. The predicted octanol–water partition coefficient (Wildman–Crippen LogP) is 3.50. The van der Waals surface area contributed by atoms with Crippen molar-refractivity contribution in [1.29, 1.82) is 0 Å². The van der Waals surface area contributed by atoms with Gasteiger partial charge in [0.2, 0.25) is 5.91 Å². The fourth-order valence-corrected chi connectivity index (χ4v) is 3.59. The standard InChI is InChI=1S/C18H18N4O3S/c19-18(24)22-13(15-2-1-7-26-15)9-16(23)20-11-5-6-14-12(8-11)21-17(25-14)10-3-4-10/h1-2,5-8,10,13H,3-4,9H2,(H,20,23)(H3,19,22,24). The average molecular weight is 370 g/mol. The van der Waals surface area contributed by atoms with E-state index in [9.17, 15) is 9.59 Å². The Labute approximate surface area is 153 Å². The molecule has 0 radical (unpaired) electrons. The van der Waals surface area contributed by atoms with Crippen molar-refractivity contribution in [2.75, 3.05) is 5.32 Å². The number of hydrogen-bond acceptors (Lipinski definition) is 5. The number of anilines is 1. The molecule has 0 bridgehead atoms. The zero-order valence-electron chi connectivity index (χ0n) is 13.9. The lowest BCUT2D eigenvalue weighted by Crippen LogP contribution is -2.34. The summed E-state index contributed by atoms with van der Waals surface area (Å²) in [5.74, 6) is 0.987. The smallest absolute Gasteiger partial charge is 0.312 e. The number of hydrogen-bond donors (Lipinski definition) is 3. The minimum absolute atomic E-state index is 0.0909. The van der Waals surface area contributed by atoms with Crippen LogP contribution in [0.2, 0.25) is 0 Å². The molecule has 2 heterocycles. The van der Waals surface area contributed by atoms with Crippen molar-refractivity contribution < 1.29 is 14.0 Å². The van der Waals surface area contributed by atoms with Crippen LogP contribution in [0.5, 0.6) is 0 Å². The van der Waals surface area contributed by atoms with Gasteiger partial charge >= 0.3 is 6.03 Å². The van der Waals surface area contributed by atoms with E-state index in [1.165, 1.54) is 11.3 Å². The van der Waals surface area contributed by atoms with Crippen molar-refractivity contribution in [2.45, 2.75) is 31.2 Å². The van der Waals surface area contributed by atoms with Crippen molar-refractivity contribution in [3.8, 4) is 0 Å². The van der Waals surface area contributed by atoms with Gasteiger partial charge in [-0.2, -0.15) is 0 Å². The molecule has 0 aliphatic heterocycles. The lowest BCUT2D eigenvalue weighted by atomic mass is 10.1. The van der Waals surface area contributed by atoms with Crippen LogP contribution >= 0.6 is 11.3 Å². The second-order valence-corrected chi connectivity index (χ2v) is 7.32. The summed E-state index contributed by atoms with van der Waals surface area (Å²) in [7, 11) is 0. The van der Waals surface area contributed by atoms with Crippen molar-refractivity contribution in [3.63, 3.8) is 0 Å². The van der Waals surface area contributed by atoms with E-state index >= 15 is 0 Å². The second-order valence-electron chi connectivity index (χ2n) is 6.34. The van der Waals surface area contributed by atoms with E-state index in [4.69, 9.17) is 10.2 Å². The van der Waals surface area contributed by atoms with Crippen LogP contribution < -0.4 is 16.4 Å². The third-order valence-electron chi connectivity index (χ3n) is 4.21. The van der Waals surface area contributed by atoms with Crippen LogP contribution in [0.15, 0.2) is 40.1 Å². The van der Waals surface area contributed by atoms with E-state index in [-0.39, 0.29) is 12.3 Å². The van der Waals surface area contributed by atoms with E-state index < -0.39 is 12.1 Å². The number of carbonyl (C=O) groups is 2. The number of amides is 3. The summed E-state index contributed by atoms with van der Waals surface area (Å²) in [4.78, 5) is 29.0. The molecule has 1 atom stereocenters. The zero-order valence-corrected chi connectivity index (χ0v) is 14.7. The number of oxazole rings is 1. The van der Waals surface area contributed by atoms with Crippen molar-refractivity contribution in [3.05, 3.63) is 46.5 Å². The fourth-order valence-electron chi connectivity index (χ4n) is 2.81. The molecule has 1 aromatic carbocycles. The van der Waals surface area contributed by atoms with Gasteiger partial charge in [0.1, 0.15) is 5.52 Å². The summed E-state index contributed by atoms with van der Waals surface area (Å²) in [6, 6.07) is 8.00. The van der Waals surface area contributed by atoms with Gasteiger partial charge in [-0.3, -0.25) is 4.79 Å². The minimum atomic E-state index is -0.659. The van der Waals surface area contributed by atoms with Gasteiger partial charge < -0.3 is 20.8 Å². The van der Waals surface area contributed by atoms with E-state index in [0.29, 0.717) is 11.6 Å². The molecule has 1 aliphatic rings. The van der Waals surface area contributed by atoms with E-state index in [2.05, 4.69) is 15.6 Å². The number of fused-ring (bicyclic) bond motifs is 1. The number of nitrogens with one attached hydrogen (secondary N) is 2. The normalized spacial score (nSPS) is 14.9. The molecule has 1 fully saturated rings. The topological polar surface area (TPSA) is 110 Å². The molecule has 1 aliphatic carbocycles. The first-order chi connectivity index (χ1) is 12.6. The molecule has 134 valence electrons. The number of benzene rings is 1. The second kappa shape index (κ2) is 6.80. The van der Waals surface area contributed by atoms with E-state index in [1.807, 2.05) is 23.6 Å². The molecule has 2 aromatic heterocycles. The molecule has 4 rings (SSSR count). The van der Waals surface area contributed by atoms with Crippen LogP contribution in [0.25, 0.3) is 11.1 Å². The van der Waals surface area contributed by atoms with Gasteiger partial charge in [-0.15, -0.1) is 11.3 Å². The van der Waals surface area contributed by atoms with E-state index in [0.717, 1.165) is 34.7 Å². The van der Waals surface area contributed by atoms with Crippen LogP contribution in [0, 0.1) is 0 Å². The first-order valence-corrected chi connectivity index (χ1v) is 9.26. The first-order valence-electron chi connectivity index (χ1n) is 8.38. The Balaban J connectivity index is 1.46. The lowest BCUT2D eigenvalue weighted by Gasteiger charge is -2.15. The third-order valence-corrected chi connectivity index (χ3v) is 5.19. The molecule has 0 saturated heterocycles. The number of aromatic nitrogens is 1. The van der Waals surface area contributed by atoms with Crippen LogP contribution in [0.4, 0.5) is 10.5 Å². The van der Waals surface area contributed by atoms with E-state index in [1.54, 1.807) is 12.1 Å². The van der Waals surface area contributed by atoms with Gasteiger partial charge in [-0.05, 0) is 42.5 Å². The van der Waals surface area contributed by atoms with Crippen LogP contribution in [0.3, 0.4) is 0 Å². The fraction of sp³-hybridized carbons (Fsp3) is 0.278. The van der Waals surface area contributed by atoms with Crippen LogP contribution in [-0.4, -0.2) is 16.9 Å². The molecule has 1 unspecified atom stereocenters. The van der Waals surface area contributed by atoms with Crippen molar-refractivity contribution >= 4 is 40.1 Å². The highest BCUT2D eigenvalue weighted by Crippen LogP contribution is 2.40. The van der Waals surface area contributed by atoms with Gasteiger partial charge in [-0.25, -0.2) is 9.78 Å². The monoisotopic (exact) mass is 370 g/mol. The molecular weight excluding hydrogens is 352 g/mol. The Morgan fingerprint density at radius 3 is 2.88 bits per heavy atom. The van der Waals surface area contributed by atoms with Crippen molar-refractivity contribution in [1.82, 2.24) is 10.3 Å². The number of carbonyl (C=O) groups excluding carboxylic acids is 2. The maximum atomic E-state index is 12.4. The molecule has 0 spiro atoms. The molecule has 26 heavy (non-hydrogen) atoms. The number of thiophene rings is 1. The van der Waals surface area contributed by atoms with Crippen LogP contribution in [-0.2, 0) is 4.79 Å². The number of nitrogens with two attached hydrogens (primary N) is 1. The number of rotatable bonds is 6. The molecular formula is C18H18N4O3S. The highest BCUT2D eigenvalue weighted by atomic mass is 32.1. The Morgan fingerprint density at radius 1 is 1.35 bits per heavy atom. The first kappa shape index (κ1) is 16.6. The highest BCUT2D eigenvalue weighted by molar-refractivity contribution is 7.10. The summed E-state index contributed by atoms with van der Waals surface area (Å²) >= 11 is 1.46. The Bertz CT molecular complexity index is 947. The van der Waals surface area contributed by atoms with Gasteiger partial charge in [0.15, 0.2) is 11.5 Å². The largest absolute Gasteiger partial charge is 0.440 e. The van der Waals surface area contributed by atoms with Crippen molar-refractivity contribution in [2.24, 2.45) is 5.73 Å². The highest BCUT2D eigenvalue weighted by Gasteiger charge is 2.29. The Hall–Kier alpha value is -2.87. The summed E-state index contributed by atoms with van der Waals surface area (Å²) < 4.78 is 5.73. The SMILES string of the molecule is NC(=O)NC(CC(=O)Nc1ccc2oc(C3CC3)nc2c1)c1cccs1. The number of primary amides is 1. The third kappa shape index (κ3) is 3.70. The lowest BCUT2D eigenvalue weighted by molar-refractivity contribution is -0.116. The predicted molar refractivity (Wildman–Crippen MR) is 99.0 cm³/mol. The zero-order chi connectivity index (χ0) is 18.1. The quantitative estimate of drug-likeness (QED) is 0.616.